The maximum absolute atomic E-state index is 12.4. The van der Waals surface area contributed by atoms with Crippen LogP contribution in [0.25, 0.3) is 0 Å². The quantitative estimate of drug-likeness (QED) is 0.884. The van der Waals surface area contributed by atoms with Crippen LogP contribution < -0.4 is 14.8 Å². The molecule has 0 saturated heterocycles. The normalized spacial score (nSPS) is 10.7. The van der Waals surface area contributed by atoms with Gasteiger partial charge in [0.1, 0.15) is 16.5 Å². The van der Waals surface area contributed by atoms with Crippen LogP contribution in [0.2, 0.25) is 0 Å². The van der Waals surface area contributed by atoms with Gasteiger partial charge >= 0.3 is 6.61 Å². The fourth-order valence-electron chi connectivity index (χ4n) is 1.63. The van der Waals surface area contributed by atoms with Crippen molar-refractivity contribution in [2.45, 2.75) is 20.1 Å². The van der Waals surface area contributed by atoms with Crippen molar-refractivity contribution in [2.24, 2.45) is 0 Å². The van der Waals surface area contributed by atoms with Crippen molar-refractivity contribution in [3.05, 3.63) is 34.3 Å². The van der Waals surface area contributed by atoms with E-state index >= 15 is 0 Å². The van der Waals surface area contributed by atoms with Gasteiger partial charge in [-0.15, -0.1) is 11.3 Å². The molecular formula is C13H14F2N2O2S. The van der Waals surface area contributed by atoms with E-state index in [0.29, 0.717) is 18.0 Å². The minimum Gasteiger partial charge on any atom is -0.497 e. The summed E-state index contributed by atoms with van der Waals surface area (Å²) in [4.78, 5) is 4.29. The average molecular weight is 300 g/mol. The van der Waals surface area contributed by atoms with E-state index in [4.69, 9.17) is 4.74 Å². The highest BCUT2D eigenvalue weighted by Gasteiger charge is 2.11. The molecule has 0 amide bonds. The molecule has 0 aliphatic rings. The number of rotatable bonds is 6. The first-order chi connectivity index (χ1) is 9.58. The largest absolute Gasteiger partial charge is 0.497 e. The maximum atomic E-state index is 12.4. The Hall–Kier alpha value is -1.89. The summed E-state index contributed by atoms with van der Waals surface area (Å²) >= 11 is 1.50. The minimum atomic E-state index is -2.87. The number of hydrogen-bond acceptors (Lipinski definition) is 5. The van der Waals surface area contributed by atoms with Crippen molar-refractivity contribution in [3.8, 4) is 11.5 Å². The van der Waals surface area contributed by atoms with E-state index in [9.17, 15) is 8.78 Å². The lowest BCUT2D eigenvalue weighted by atomic mass is 10.2. The fourth-order valence-corrected chi connectivity index (χ4v) is 2.34. The SMILES string of the molecule is COc1ccc(OC(F)F)c(NCc2nc(C)cs2)c1. The van der Waals surface area contributed by atoms with Crippen molar-refractivity contribution >= 4 is 17.0 Å². The lowest BCUT2D eigenvalue weighted by Gasteiger charge is -2.13. The minimum absolute atomic E-state index is 0.0779. The van der Waals surface area contributed by atoms with Crippen LogP contribution in [0, 0.1) is 6.92 Å². The van der Waals surface area contributed by atoms with Gasteiger partial charge in [0.05, 0.1) is 19.3 Å². The molecule has 0 atom stereocenters. The van der Waals surface area contributed by atoms with Gasteiger partial charge in [0, 0.05) is 17.1 Å². The Kier molecular flexibility index (Phi) is 4.73. The number of hydrogen-bond donors (Lipinski definition) is 1. The van der Waals surface area contributed by atoms with E-state index in [-0.39, 0.29) is 5.75 Å². The second-order valence-corrected chi connectivity index (χ2v) is 4.92. The topological polar surface area (TPSA) is 43.4 Å². The van der Waals surface area contributed by atoms with Crippen LogP contribution >= 0.6 is 11.3 Å². The van der Waals surface area contributed by atoms with Crippen LogP contribution in [-0.2, 0) is 6.54 Å². The number of aryl methyl sites for hydroxylation is 1. The molecule has 0 radical (unpaired) electrons. The summed E-state index contributed by atoms with van der Waals surface area (Å²) in [5.74, 6) is 0.638. The van der Waals surface area contributed by atoms with Gasteiger partial charge in [0.25, 0.3) is 0 Å². The molecule has 2 aromatic rings. The number of ether oxygens (including phenoxy) is 2. The fraction of sp³-hybridized carbons (Fsp3) is 0.308. The standard InChI is InChI=1S/C13H14F2N2O2S/c1-8-7-20-12(17-8)6-16-10-5-9(18-2)3-4-11(10)19-13(14)15/h3-5,7,13,16H,6H2,1-2H3. The monoisotopic (exact) mass is 300 g/mol. The van der Waals surface area contributed by atoms with E-state index in [1.54, 1.807) is 12.1 Å². The van der Waals surface area contributed by atoms with E-state index in [0.717, 1.165) is 10.7 Å². The molecule has 0 fully saturated rings. The molecule has 20 heavy (non-hydrogen) atoms. The molecule has 2 rings (SSSR count). The third kappa shape index (κ3) is 3.80. The Morgan fingerprint density at radius 2 is 2.20 bits per heavy atom. The highest BCUT2D eigenvalue weighted by molar-refractivity contribution is 7.09. The molecule has 4 nitrogen and oxygen atoms in total. The van der Waals surface area contributed by atoms with Crippen LogP contribution in [0.15, 0.2) is 23.6 Å². The van der Waals surface area contributed by atoms with Crippen LogP contribution in [0.1, 0.15) is 10.7 Å². The van der Waals surface area contributed by atoms with Crippen LogP contribution in [0.3, 0.4) is 0 Å². The van der Waals surface area contributed by atoms with Crippen molar-refractivity contribution in [2.75, 3.05) is 12.4 Å². The molecule has 1 aromatic carbocycles. The summed E-state index contributed by atoms with van der Waals surface area (Å²) in [5, 5.41) is 5.83. The molecular weight excluding hydrogens is 286 g/mol. The van der Waals surface area contributed by atoms with Crippen molar-refractivity contribution in [1.82, 2.24) is 4.98 Å². The molecule has 1 N–H and O–H groups in total. The zero-order chi connectivity index (χ0) is 14.5. The summed E-state index contributed by atoms with van der Waals surface area (Å²) in [6.45, 7) is -0.534. The van der Waals surface area contributed by atoms with Gasteiger partial charge in [-0.3, -0.25) is 0 Å². The molecule has 1 aromatic heterocycles. The first-order valence-corrected chi connectivity index (χ1v) is 6.74. The van der Waals surface area contributed by atoms with Crippen molar-refractivity contribution < 1.29 is 18.3 Å². The predicted molar refractivity (Wildman–Crippen MR) is 73.8 cm³/mol. The highest BCUT2D eigenvalue weighted by atomic mass is 32.1. The van der Waals surface area contributed by atoms with Gasteiger partial charge in [-0.05, 0) is 19.1 Å². The summed E-state index contributed by atoms with van der Waals surface area (Å²) in [6, 6.07) is 4.62. The molecule has 0 spiro atoms. The Morgan fingerprint density at radius 3 is 2.80 bits per heavy atom. The van der Waals surface area contributed by atoms with Gasteiger partial charge in [0.2, 0.25) is 0 Å². The molecule has 0 aliphatic heterocycles. The van der Waals surface area contributed by atoms with Crippen LogP contribution in [0.4, 0.5) is 14.5 Å². The summed E-state index contributed by atoms with van der Waals surface area (Å²) in [6.07, 6.45) is 0. The number of thiazole rings is 1. The lowest BCUT2D eigenvalue weighted by Crippen LogP contribution is -2.06. The molecule has 1 heterocycles. The third-order valence-corrected chi connectivity index (χ3v) is 3.47. The molecule has 0 bridgehead atoms. The maximum Gasteiger partial charge on any atom is 0.387 e. The van der Waals surface area contributed by atoms with Gasteiger partial charge < -0.3 is 14.8 Å². The van der Waals surface area contributed by atoms with Crippen LogP contribution in [0.5, 0.6) is 11.5 Å². The highest BCUT2D eigenvalue weighted by Crippen LogP contribution is 2.31. The Morgan fingerprint density at radius 1 is 1.40 bits per heavy atom. The number of halogens is 2. The van der Waals surface area contributed by atoms with Crippen molar-refractivity contribution in [3.63, 3.8) is 0 Å². The van der Waals surface area contributed by atoms with Gasteiger partial charge in [0.15, 0.2) is 0 Å². The smallest absolute Gasteiger partial charge is 0.387 e. The number of aromatic nitrogens is 1. The summed E-state index contributed by atoms with van der Waals surface area (Å²) in [5.41, 5.74) is 1.37. The van der Waals surface area contributed by atoms with E-state index in [1.165, 1.54) is 24.5 Å². The average Bonchev–Trinajstić information content (AvgIpc) is 2.83. The summed E-state index contributed by atoms with van der Waals surface area (Å²) < 4.78 is 34.3. The number of anilines is 1. The number of nitrogens with one attached hydrogen (secondary N) is 1. The van der Waals surface area contributed by atoms with Gasteiger partial charge in [-0.25, -0.2) is 4.98 Å². The van der Waals surface area contributed by atoms with Crippen LogP contribution in [-0.4, -0.2) is 18.7 Å². The Bertz CT molecular complexity index is 575. The van der Waals surface area contributed by atoms with E-state index in [2.05, 4.69) is 15.0 Å². The van der Waals surface area contributed by atoms with E-state index in [1.807, 2.05) is 12.3 Å². The van der Waals surface area contributed by atoms with Crippen molar-refractivity contribution in [1.29, 1.82) is 0 Å². The first kappa shape index (κ1) is 14.5. The molecule has 7 heteroatoms. The molecule has 0 aliphatic carbocycles. The Labute approximate surface area is 119 Å². The molecule has 108 valence electrons. The second-order valence-electron chi connectivity index (χ2n) is 3.98. The zero-order valence-electron chi connectivity index (χ0n) is 11.0. The molecule has 0 unspecified atom stereocenters. The number of alkyl halides is 2. The lowest BCUT2D eigenvalue weighted by molar-refractivity contribution is -0.0493. The third-order valence-electron chi connectivity index (χ3n) is 2.50. The Balaban J connectivity index is 2.14. The number of benzene rings is 1. The van der Waals surface area contributed by atoms with Gasteiger partial charge in [-0.2, -0.15) is 8.78 Å². The van der Waals surface area contributed by atoms with Gasteiger partial charge in [-0.1, -0.05) is 0 Å². The number of nitrogens with zero attached hydrogens (tertiary/aromatic N) is 1. The first-order valence-electron chi connectivity index (χ1n) is 5.86. The van der Waals surface area contributed by atoms with E-state index < -0.39 is 6.61 Å². The zero-order valence-corrected chi connectivity index (χ0v) is 11.8. The molecule has 0 saturated carbocycles. The second kappa shape index (κ2) is 6.51. The summed E-state index contributed by atoms with van der Waals surface area (Å²) in [7, 11) is 1.51. The predicted octanol–water partition coefficient (Wildman–Crippen LogP) is 3.67. The number of methoxy groups -OCH3 is 1.